The second kappa shape index (κ2) is 5.41. The first-order chi connectivity index (χ1) is 8.99. The van der Waals surface area contributed by atoms with Crippen molar-refractivity contribution in [2.45, 2.75) is 46.5 Å². The van der Waals surface area contributed by atoms with E-state index in [1.54, 1.807) is 0 Å². The summed E-state index contributed by atoms with van der Waals surface area (Å²) in [7, 11) is 0. The third-order valence-corrected chi connectivity index (χ3v) is 4.70. The molecule has 0 radical (unpaired) electrons. The van der Waals surface area contributed by atoms with Gasteiger partial charge in [0.05, 0.1) is 11.3 Å². The Hall–Kier alpha value is -1.23. The second-order valence-corrected chi connectivity index (χ2v) is 6.00. The molecule has 1 aromatic heterocycles. The van der Waals surface area contributed by atoms with Crippen molar-refractivity contribution in [2.75, 3.05) is 11.9 Å². The van der Waals surface area contributed by atoms with Crippen molar-refractivity contribution >= 4 is 23.0 Å². The lowest BCUT2D eigenvalue weighted by Crippen LogP contribution is -2.36. The van der Waals surface area contributed by atoms with Crippen LogP contribution in [0.15, 0.2) is 0 Å². The molecule has 0 aliphatic heterocycles. The fraction of sp³-hybridized carbons (Fsp3) is 0.643. The molecule has 0 unspecified atom stereocenters. The first kappa shape index (κ1) is 14.2. The molecule has 1 saturated carbocycles. The molecule has 0 saturated heterocycles. The lowest BCUT2D eigenvalue weighted by molar-refractivity contribution is 0.145. The lowest BCUT2D eigenvalue weighted by Gasteiger charge is -2.41. The van der Waals surface area contributed by atoms with Gasteiger partial charge in [-0.05, 0) is 44.1 Å². The van der Waals surface area contributed by atoms with Crippen LogP contribution in [-0.4, -0.2) is 21.7 Å². The van der Waals surface area contributed by atoms with Crippen LogP contribution in [0.5, 0.6) is 0 Å². The van der Waals surface area contributed by atoms with Crippen molar-refractivity contribution in [3.8, 4) is 0 Å². The summed E-state index contributed by atoms with van der Waals surface area (Å²) in [6, 6.07) is 0. The number of nitrogens with one attached hydrogen (secondary N) is 1. The van der Waals surface area contributed by atoms with Gasteiger partial charge in [-0.15, -0.1) is 5.10 Å². The van der Waals surface area contributed by atoms with Crippen LogP contribution in [-0.2, 0) is 0 Å². The topological polar surface area (TPSA) is 63.8 Å². The molecule has 1 aliphatic carbocycles. The highest BCUT2D eigenvalue weighted by Gasteiger charge is 2.35. The summed E-state index contributed by atoms with van der Waals surface area (Å²) >= 11 is 5.15. The molecule has 0 atom stereocenters. The van der Waals surface area contributed by atoms with Crippen LogP contribution in [0.2, 0.25) is 0 Å². The third-order valence-electron chi connectivity index (χ3n) is 4.50. The summed E-state index contributed by atoms with van der Waals surface area (Å²) in [5.41, 5.74) is 8.99. The van der Waals surface area contributed by atoms with E-state index in [9.17, 15) is 0 Å². The zero-order valence-electron chi connectivity index (χ0n) is 11.9. The molecule has 0 amide bonds. The number of hydrogen-bond donors (Lipinski definition) is 2. The Bertz CT molecular complexity index is 489. The highest BCUT2D eigenvalue weighted by molar-refractivity contribution is 7.80. The predicted molar refractivity (Wildman–Crippen MR) is 82.5 cm³/mol. The minimum Gasteiger partial charge on any atom is -0.389 e. The van der Waals surface area contributed by atoms with Gasteiger partial charge in [0.2, 0.25) is 0 Å². The summed E-state index contributed by atoms with van der Waals surface area (Å²) in [6.45, 7) is 7.09. The molecule has 104 valence electrons. The maximum atomic E-state index is 5.83. The molecular formula is C14H22N4S. The smallest absolute Gasteiger partial charge is 0.159 e. The van der Waals surface area contributed by atoms with Crippen molar-refractivity contribution in [1.82, 2.24) is 10.2 Å². The molecule has 0 aromatic carbocycles. The molecule has 1 heterocycles. The summed E-state index contributed by atoms with van der Waals surface area (Å²) < 4.78 is 0. The van der Waals surface area contributed by atoms with E-state index in [4.69, 9.17) is 18.0 Å². The van der Waals surface area contributed by atoms with Gasteiger partial charge in [0, 0.05) is 6.54 Å². The van der Waals surface area contributed by atoms with Crippen LogP contribution in [0.25, 0.3) is 0 Å². The number of nitrogens with zero attached hydrogens (tertiary/aromatic N) is 2. The average Bonchev–Trinajstić information content (AvgIpc) is 2.32. The van der Waals surface area contributed by atoms with Crippen LogP contribution in [0.3, 0.4) is 0 Å². The Kier molecular flexibility index (Phi) is 4.04. The molecule has 1 aliphatic rings. The molecule has 5 heteroatoms. The highest BCUT2D eigenvalue weighted by Crippen LogP contribution is 2.43. The summed E-state index contributed by atoms with van der Waals surface area (Å²) in [4.78, 5) is 0.386. The highest BCUT2D eigenvalue weighted by atomic mass is 32.1. The molecule has 4 nitrogen and oxygen atoms in total. The van der Waals surface area contributed by atoms with Gasteiger partial charge in [0.25, 0.3) is 0 Å². The van der Waals surface area contributed by atoms with E-state index in [1.165, 1.54) is 25.7 Å². The van der Waals surface area contributed by atoms with Crippen molar-refractivity contribution in [1.29, 1.82) is 0 Å². The normalized spacial score (nSPS) is 16.8. The Morgan fingerprint density at radius 3 is 2.53 bits per heavy atom. The van der Waals surface area contributed by atoms with Gasteiger partial charge >= 0.3 is 0 Å². The Morgan fingerprint density at radius 1 is 1.37 bits per heavy atom. The molecule has 2 rings (SSSR count). The second-order valence-electron chi connectivity index (χ2n) is 5.56. The fourth-order valence-corrected chi connectivity index (χ4v) is 2.89. The summed E-state index contributed by atoms with van der Waals surface area (Å²) in [5.74, 6) is 0.732. The van der Waals surface area contributed by atoms with Gasteiger partial charge in [0.1, 0.15) is 4.99 Å². The maximum Gasteiger partial charge on any atom is 0.159 e. The standard InChI is InChI=1S/C14H22N4S/c1-4-14(6-5-7-14)8-16-13-11(12(15)19)9(2)10(3)17-18-13/h4-8H2,1-3H3,(H2,15,19)(H,16,18). The molecular weight excluding hydrogens is 256 g/mol. The SMILES string of the molecule is CCC1(CNc2nnc(C)c(C)c2C(N)=S)CCC1. The Morgan fingerprint density at radius 2 is 2.05 bits per heavy atom. The largest absolute Gasteiger partial charge is 0.389 e. The van der Waals surface area contributed by atoms with Crippen molar-refractivity contribution in [3.05, 3.63) is 16.8 Å². The van der Waals surface area contributed by atoms with Gasteiger partial charge in [-0.1, -0.05) is 25.6 Å². The van der Waals surface area contributed by atoms with Crippen molar-refractivity contribution in [3.63, 3.8) is 0 Å². The van der Waals surface area contributed by atoms with Crippen LogP contribution in [0.1, 0.15) is 49.4 Å². The van der Waals surface area contributed by atoms with Gasteiger partial charge in [-0.3, -0.25) is 0 Å². The van der Waals surface area contributed by atoms with Crippen LogP contribution < -0.4 is 11.1 Å². The van der Waals surface area contributed by atoms with Crippen LogP contribution in [0, 0.1) is 19.3 Å². The molecule has 0 spiro atoms. The van der Waals surface area contributed by atoms with Gasteiger partial charge in [-0.25, -0.2) is 0 Å². The van der Waals surface area contributed by atoms with Gasteiger partial charge in [0.15, 0.2) is 5.82 Å². The van der Waals surface area contributed by atoms with E-state index in [0.717, 1.165) is 29.2 Å². The minimum atomic E-state index is 0.386. The van der Waals surface area contributed by atoms with Crippen molar-refractivity contribution < 1.29 is 0 Å². The van der Waals surface area contributed by atoms with E-state index in [1.807, 2.05) is 13.8 Å². The summed E-state index contributed by atoms with van der Waals surface area (Å²) in [5, 5.41) is 11.8. The van der Waals surface area contributed by atoms with Crippen LogP contribution >= 0.6 is 12.2 Å². The zero-order valence-corrected chi connectivity index (χ0v) is 12.7. The number of hydrogen-bond acceptors (Lipinski definition) is 4. The van der Waals surface area contributed by atoms with Crippen LogP contribution in [0.4, 0.5) is 5.82 Å². The number of thiocarbonyl (C=S) groups is 1. The molecule has 19 heavy (non-hydrogen) atoms. The van der Waals surface area contributed by atoms with E-state index in [-0.39, 0.29) is 0 Å². The Balaban J connectivity index is 2.20. The van der Waals surface area contributed by atoms with Gasteiger partial charge < -0.3 is 11.1 Å². The molecule has 3 N–H and O–H groups in total. The maximum absolute atomic E-state index is 5.83. The number of anilines is 1. The van der Waals surface area contributed by atoms with E-state index < -0.39 is 0 Å². The third kappa shape index (κ3) is 2.71. The van der Waals surface area contributed by atoms with Crippen molar-refractivity contribution in [2.24, 2.45) is 11.1 Å². The van der Waals surface area contributed by atoms with Gasteiger partial charge in [-0.2, -0.15) is 5.10 Å². The molecule has 1 aromatic rings. The zero-order chi connectivity index (χ0) is 14.0. The van der Waals surface area contributed by atoms with E-state index in [2.05, 4.69) is 22.4 Å². The summed E-state index contributed by atoms with van der Waals surface area (Å²) in [6.07, 6.45) is 5.10. The molecule has 1 fully saturated rings. The first-order valence-electron chi connectivity index (χ1n) is 6.86. The number of nitrogens with two attached hydrogens (primary N) is 1. The fourth-order valence-electron chi connectivity index (χ4n) is 2.64. The van der Waals surface area contributed by atoms with E-state index >= 15 is 0 Å². The first-order valence-corrected chi connectivity index (χ1v) is 7.27. The monoisotopic (exact) mass is 278 g/mol. The number of aryl methyl sites for hydroxylation is 1. The minimum absolute atomic E-state index is 0.386. The lowest BCUT2D eigenvalue weighted by atomic mass is 9.67. The predicted octanol–water partition coefficient (Wildman–Crippen LogP) is 2.72. The van der Waals surface area contributed by atoms with E-state index in [0.29, 0.717) is 10.4 Å². The average molecular weight is 278 g/mol. The Labute approximate surface area is 120 Å². The quantitative estimate of drug-likeness (QED) is 0.811. The number of rotatable bonds is 5. The number of aromatic nitrogens is 2. The molecule has 0 bridgehead atoms.